The normalized spacial score (nSPS) is 20.7. The average molecular weight is 320 g/mol. The first-order valence-corrected chi connectivity index (χ1v) is 8.59. The number of rotatable bonds is 4. The van der Waals surface area contributed by atoms with Crippen molar-refractivity contribution in [1.29, 1.82) is 0 Å². The molecule has 3 rings (SSSR count). The van der Waals surface area contributed by atoms with E-state index in [1.54, 1.807) is 17.0 Å². The third-order valence-corrected chi connectivity index (χ3v) is 4.96. The van der Waals surface area contributed by atoms with E-state index in [2.05, 4.69) is 12.2 Å². The summed E-state index contributed by atoms with van der Waals surface area (Å²) < 4.78 is 18.6. The van der Waals surface area contributed by atoms with Gasteiger partial charge in [-0.3, -0.25) is 0 Å². The van der Waals surface area contributed by atoms with Gasteiger partial charge in [0, 0.05) is 6.04 Å². The zero-order valence-corrected chi connectivity index (χ0v) is 13.6. The second-order valence-corrected chi connectivity index (χ2v) is 6.74. The fraction of sp³-hybridized carbons (Fsp3) is 0.611. The number of urea groups is 1. The lowest BCUT2D eigenvalue weighted by molar-refractivity contribution is 0.0425. The van der Waals surface area contributed by atoms with Crippen LogP contribution in [0.25, 0.3) is 0 Å². The highest BCUT2D eigenvalue weighted by atomic mass is 19.1. The van der Waals surface area contributed by atoms with Crippen molar-refractivity contribution >= 4 is 6.03 Å². The molecule has 2 fully saturated rings. The Kier molecular flexibility index (Phi) is 5.03. The first kappa shape index (κ1) is 16.1. The number of hydrogen-bond donors (Lipinski definition) is 1. The molecule has 0 radical (unpaired) electrons. The molecule has 0 spiro atoms. The average Bonchev–Trinajstić information content (AvgIpc) is 2.53. The maximum absolute atomic E-state index is 12.8. The third-order valence-electron chi connectivity index (χ3n) is 4.96. The smallest absolute Gasteiger partial charge is 0.317 e. The predicted octanol–water partition coefficient (Wildman–Crippen LogP) is 3.57. The standard InChI is InChI=1S/C18H25FN2O2/c1-13(14-5-3-2-4-6-14)20-18(22)21-11-17(12-21)23-16-9-7-15(19)8-10-16/h7-10,13-14,17H,2-6,11-12H2,1H3,(H,20,22)/t13-/m1/s1. The number of hydrogen-bond acceptors (Lipinski definition) is 2. The van der Waals surface area contributed by atoms with E-state index in [9.17, 15) is 9.18 Å². The van der Waals surface area contributed by atoms with Crippen molar-refractivity contribution in [2.75, 3.05) is 13.1 Å². The number of likely N-dealkylation sites (tertiary alicyclic amines) is 1. The minimum Gasteiger partial charge on any atom is -0.487 e. The van der Waals surface area contributed by atoms with Gasteiger partial charge in [-0.2, -0.15) is 0 Å². The van der Waals surface area contributed by atoms with Crippen molar-refractivity contribution in [3.8, 4) is 5.75 Å². The highest BCUT2D eigenvalue weighted by Crippen LogP contribution is 2.26. The van der Waals surface area contributed by atoms with Crippen LogP contribution in [0.5, 0.6) is 5.75 Å². The van der Waals surface area contributed by atoms with E-state index in [1.165, 1.54) is 44.2 Å². The highest BCUT2D eigenvalue weighted by molar-refractivity contribution is 5.75. The third kappa shape index (κ3) is 4.15. The number of amides is 2. The maximum Gasteiger partial charge on any atom is 0.317 e. The van der Waals surface area contributed by atoms with E-state index in [4.69, 9.17) is 4.74 Å². The van der Waals surface area contributed by atoms with E-state index < -0.39 is 0 Å². The van der Waals surface area contributed by atoms with Crippen molar-refractivity contribution in [1.82, 2.24) is 10.2 Å². The quantitative estimate of drug-likeness (QED) is 0.921. The van der Waals surface area contributed by atoms with Gasteiger partial charge in [0.05, 0.1) is 13.1 Å². The number of benzene rings is 1. The minimum atomic E-state index is -0.274. The van der Waals surface area contributed by atoms with E-state index in [1.807, 2.05) is 0 Å². The lowest BCUT2D eigenvalue weighted by Gasteiger charge is -2.40. The number of nitrogens with zero attached hydrogens (tertiary/aromatic N) is 1. The molecule has 23 heavy (non-hydrogen) atoms. The summed E-state index contributed by atoms with van der Waals surface area (Å²) in [6, 6.07) is 6.23. The number of halogens is 1. The molecule has 1 heterocycles. The van der Waals surface area contributed by atoms with E-state index in [0.717, 1.165) is 0 Å². The fourth-order valence-electron chi connectivity index (χ4n) is 3.42. The van der Waals surface area contributed by atoms with Gasteiger partial charge in [-0.15, -0.1) is 0 Å². The Morgan fingerprint density at radius 1 is 1.22 bits per heavy atom. The second-order valence-electron chi connectivity index (χ2n) is 6.74. The lowest BCUT2D eigenvalue weighted by Crippen LogP contribution is -2.60. The Hall–Kier alpha value is -1.78. The summed E-state index contributed by atoms with van der Waals surface area (Å²) in [6.07, 6.45) is 6.32. The zero-order chi connectivity index (χ0) is 16.2. The topological polar surface area (TPSA) is 41.6 Å². The second kappa shape index (κ2) is 7.20. The Bertz CT molecular complexity index is 522. The van der Waals surface area contributed by atoms with Gasteiger partial charge in [-0.25, -0.2) is 9.18 Å². The first-order valence-electron chi connectivity index (χ1n) is 8.59. The molecule has 126 valence electrons. The molecule has 1 aromatic carbocycles. The highest BCUT2D eigenvalue weighted by Gasteiger charge is 2.33. The molecule has 1 aromatic rings. The fourth-order valence-corrected chi connectivity index (χ4v) is 3.42. The summed E-state index contributed by atoms with van der Waals surface area (Å²) in [5, 5.41) is 3.13. The van der Waals surface area contributed by atoms with Gasteiger partial charge >= 0.3 is 6.03 Å². The monoisotopic (exact) mass is 320 g/mol. The van der Waals surface area contributed by atoms with Gasteiger partial charge in [0.2, 0.25) is 0 Å². The molecule has 2 aliphatic rings. The molecule has 0 bridgehead atoms. The summed E-state index contributed by atoms with van der Waals surface area (Å²) in [6.45, 7) is 3.28. The Morgan fingerprint density at radius 2 is 1.87 bits per heavy atom. The zero-order valence-electron chi connectivity index (χ0n) is 13.6. The van der Waals surface area contributed by atoms with Crippen molar-refractivity contribution in [3.63, 3.8) is 0 Å². The van der Waals surface area contributed by atoms with Crippen molar-refractivity contribution in [2.24, 2.45) is 5.92 Å². The van der Waals surface area contributed by atoms with Crippen LogP contribution in [0.2, 0.25) is 0 Å². The molecule has 5 heteroatoms. The SMILES string of the molecule is C[C@@H](NC(=O)N1CC(Oc2ccc(F)cc2)C1)C1CCCCC1. The van der Waals surface area contributed by atoms with Crippen LogP contribution in [-0.4, -0.2) is 36.2 Å². The van der Waals surface area contributed by atoms with Gasteiger partial charge < -0.3 is 15.0 Å². The molecule has 0 unspecified atom stereocenters. The van der Waals surface area contributed by atoms with Crippen LogP contribution in [0.3, 0.4) is 0 Å². The van der Waals surface area contributed by atoms with E-state index in [-0.39, 0.29) is 24.0 Å². The number of nitrogens with one attached hydrogen (secondary N) is 1. The molecule has 1 saturated heterocycles. The van der Waals surface area contributed by atoms with Crippen LogP contribution >= 0.6 is 0 Å². The van der Waals surface area contributed by atoms with Crippen molar-refractivity contribution in [3.05, 3.63) is 30.1 Å². The molecule has 4 nitrogen and oxygen atoms in total. The Labute approximate surface area is 137 Å². The predicted molar refractivity (Wildman–Crippen MR) is 87.0 cm³/mol. The van der Waals surface area contributed by atoms with Gasteiger partial charge in [0.1, 0.15) is 17.7 Å². The van der Waals surface area contributed by atoms with Crippen LogP contribution in [0.4, 0.5) is 9.18 Å². The van der Waals surface area contributed by atoms with Gasteiger partial charge in [0.15, 0.2) is 0 Å². The van der Waals surface area contributed by atoms with E-state index >= 15 is 0 Å². The molecule has 1 atom stereocenters. The minimum absolute atomic E-state index is 0.00188. The van der Waals surface area contributed by atoms with Crippen LogP contribution in [0.15, 0.2) is 24.3 Å². The molecule has 1 aliphatic carbocycles. The molecule has 1 aliphatic heterocycles. The van der Waals surface area contributed by atoms with Crippen LogP contribution in [0.1, 0.15) is 39.0 Å². The van der Waals surface area contributed by atoms with Crippen LogP contribution < -0.4 is 10.1 Å². The van der Waals surface area contributed by atoms with Crippen molar-refractivity contribution < 1.29 is 13.9 Å². The van der Waals surface area contributed by atoms with Crippen LogP contribution in [0, 0.1) is 11.7 Å². The maximum atomic E-state index is 12.8. The molecule has 2 amide bonds. The molecular formula is C18H25FN2O2. The number of carbonyl (C=O) groups excluding carboxylic acids is 1. The van der Waals surface area contributed by atoms with Crippen LogP contribution in [-0.2, 0) is 0 Å². The summed E-state index contributed by atoms with van der Waals surface area (Å²) in [5.41, 5.74) is 0. The molecular weight excluding hydrogens is 295 g/mol. The van der Waals surface area contributed by atoms with Gasteiger partial charge in [0.25, 0.3) is 0 Å². The van der Waals surface area contributed by atoms with E-state index in [0.29, 0.717) is 24.8 Å². The lowest BCUT2D eigenvalue weighted by atomic mass is 9.84. The Balaban J connectivity index is 1.40. The summed E-state index contributed by atoms with van der Waals surface area (Å²) >= 11 is 0. The summed E-state index contributed by atoms with van der Waals surface area (Å²) in [4.78, 5) is 14.0. The number of carbonyl (C=O) groups is 1. The first-order chi connectivity index (χ1) is 11.1. The molecule has 1 N–H and O–H groups in total. The van der Waals surface area contributed by atoms with Gasteiger partial charge in [-0.1, -0.05) is 19.3 Å². The van der Waals surface area contributed by atoms with Crippen molar-refractivity contribution in [2.45, 2.75) is 51.2 Å². The molecule has 0 aromatic heterocycles. The summed E-state index contributed by atoms with van der Waals surface area (Å²) in [7, 11) is 0. The number of ether oxygens (including phenoxy) is 1. The largest absolute Gasteiger partial charge is 0.487 e. The Morgan fingerprint density at radius 3 is 2.52 bits per heavy atom. The van der Waals surface area contributed by atoms with Gasteiger partial charge in [-0.05, 0) is 49.9 Å². The molecule has 1 saturated carbocycles. The summed E-state index contributed by atoms with van der Waals surface area (Å²) in [5.74, 6) is 0.982.